The molecule has 31 heavy (non-hydrogen) atoms. The number of nitrogens with one attached hydrogen (secondary N) is 1. The van der Waals surface area contributed by atoms with Gasteiger partial charge in [0.15, 0.2) is 0 Å². The molecule has 1 aromatic carbocycles. The van der Waals surface area contributed by atoms with Gasteiger partial charge < -0.3 is 9.47 Å². The summed E-state index contributed by atoms with van der Waals surface area (Å²) >= 11 is 5.76. The lowest BCUT2D eigenvalue weighted by Gasteiger charge is -2.03. The lowest BCUT2D eigenvalue weighted by atomic mass is 10.1. The van der Waals surface area contributed by atoms with Crippen LogP contribution in [0.2, 0.25) is 0 Å². The lowest BCUT2D eigenvalue weighted by molar-refractivity contribution is 0.0515. The third kappa shape index (κ3) is 6.96. The van der Waals surface area contributed by atoms with Crippen molar-refractivity contribution in [2.24, 2.45) is 0 Å². The first-order valence-corrected chi connectivity index (χ1v) is 10.4. The Kier molecular flexibility index (Phi) is 9.27. The molecular formula is C22H27ClN4O4. The number of carbonyl (C=O) groups excluding carboxylic acids is 2. The fourth-order valence-corrected chi connectivity index (χ4v) is 2.87. The molecule has 2 heterocycles. The zero-order valence-corrected chi connectivity index (χ0v) is 18.9. The molecule has 0 atom stereocenters. The Balaban J connectivity index is 0.000000262. The van der Waals surface area contributed by atoms with Crippen LogP contribution in [0.15, 0.2) is 36.7 Å². The largest absolute Gasteiger partial charge is 0.462 e. The van der Waals surface area contributed by atoms with Gasteiger partial charge in [-0.25, -0.2) is 9.59 Å². The van der Waals surface area contributed by atoms with Gasteiger partial charge in [-0.3, -0.25) is 9.78 Å². The van der Waals surface area contributed by atoms with Crippen LogP contribution in [0, 0.1) is 13.8 Å². The Morgan fingerprint density at radius 3 is 2.10 bits per heavy atom. The van der Waals surface area contributed by atoms with Crippen molar-refractivity contribution >= 4 is 23.5 Å². The maximum Gasteiger partial charge on any atom is 0.341 e. The average Bonchev–Trinajstić information content (AvgIpc) is 3.34. The average molecular weight is 447 g/mol. The maximum absolute atomic E-state index is 11.7. The number of aromatic nitrogens is 4. The number of H-pyrrole nitrogens is 1. The molecule has 166 valence electrons. The quantitative estimate of drug-likeness (QED) is 0.434. The molecule has 0 aliphatic rings. The molecule has 0 unspecified atom stereocenters. The Hall–Kier alpha value is -3.13. The SMILES string of the molecule is CCOC(=O)c1cn(Cc2ccc(CCl)cc2)nc1C.CCOC(=O)c1cn[nH]c1C. The number of hydrogen-bond donors (Lipinski definition) is 1. The van der Waals surface area contributed by atoms with Gasteiger partial charge in [-0.2, -0.15) is 10.2 Å². The summed E-state index contributed by atoms with van der Waals surface area (Å²) in [7, 11) is 0. The smallest absolute Gasteiger partial charge is 0.341 e. The lowest BCUT2D eigenvalue weighted by Crippen LogP contribution is -2.05. The first kappa shape index (κ1) is 24.1. The Bertz CT molecular complexity index is 995. The number of alkyl halides is 1. The minimum atomic E-state index is -0.325. The molecule has 8 nitrogen and oxygen atoms in total. The zero-order valence-electron chi connectivity index (χ0n) is 18.1. The number of hydrogen-bond acceptors (Lipinski definition) is 6. The van der Waals surface area contributed by atoms with Gasteiger partial charge in [0.2, 0.25) is 0 Å². The van der Waals surface area contributed by atoms with Gasteiger partial charge in [-0.15, -0.1) is 11.6 Å². The maximum atomic E-state index is 11.7. The highest BCUT2D eigenvalue weighted by atomic mass is 35.5. The number of rotatable bonds is 7. The molecule has 2 aromatic heterocycles. The molecule has 0 radical (unpaired) electrons. The molecule has 1 N–H and O–H groups in total. The molecule has 0 fully saturated rings. The van der Waals surface area contributed by atoms with Gasteiger partial charge in [0.05, 0.1) is 31.6 Å². The number of benzene rings is 1. The highest BCUT2D eigenvalue weighted by Crippen LogP contribution is 2.12. The first-order valence-electron chi connectivity index (χ1n) is 9.91. The van der Waals surface area contributed by atoms with Gasteiger partial charge in [-0.05, 0) is 38.8 Å². The van der Waals surface area contributed by atoms with Crippen LogP contribution in [0.1, 0.15) is 57.1 Å². The Morgan fingerprint density at radius 2 is 1.58 bits per heavy atom. The third-order valence-electron chi connectivity index (χ3n) is 4.29. The van der Waals surface area contributed by atoms with E-state index in [9.17, 15) is 9.59 Å². The van der Waals surface area contributed by atoms with E-state index in [-0.39, 0.29) is 11.9 Å². The zero-order chi connectivity index (χ0) is 22.8. The van der Waals surface area contributed by atoms with E-state index < -0.39 is 0 Å². The molecule has 0 aliphatic heterocycles. The summed E-state index contributed by atoms with van der Waals surface area (Å²) in [5.74, 6) is -0.138. The molecule has 0 spiro atoms. The minimum Gasteiger partial charge on any atom is -0.462 e. The minimum absolute atomic E-state index is 0.321. The number of aryl methyl sites for hydroxylation is 2. The van der Waals surface area contributed by atoms with Gasteiger partial charge in [0.1, 0.15) is 11.1 Å². The van der Waals surface area contributed by atoms with E-state index >= 15 is 0 Å². The van der Waals surface area contributed by atoms with Crippen molar-refractivity contribution in [3.05, 3.63) is 70.3 Å². The predicted molar refractivity (Wildman–Crippen MR) is 117 cm³/mol. The van der Waals surface area contributed by atoms with Crippen LogP contribution in [0.25, 0.3) is 0 Å². The first-order chi connectivity index (χ1) is 14.9. The number of nitrogens with zero attached hydrogens (tertiary/aromatic N) is 3. The molecular weight excluding hydrogens is 420 g/mol. The number of ether oxygens (including phenoxy) is 2. The molecule has 0 bridgehead atoms. The normalized spacial score (nSPS) is 10.2. The van der Waals surface area contributed by atoms with Crippen LogP contribution in [0.5, 0.6) is 0 Å². The summed E-state index contributed by atoms with van der Waals surface area (Å²) in [6, 6.07) is 8.01. The van der Waals surface area contributed by atoms with Gasteiger partial charge in [0.25, 0.3) is 0 Å². The monoisotopic (exact) mass is 446 g/mol. The van der Waals surface area contributed by atoms with Crippen molar-refractivity contribution in [1.29, 1.82) is 0 Å². The van der Waals surface area contributed by atoms with E-state index in [0.717, 1.165) is 16.8 Å². The van der Waals surface area contributed by atoms with Crippen molar-refractivity contribution in [1.82, 2.24) is 20.0 Å². The van der Waals surface area contributed by atoms with Crippen molar-refractivity contribution in [3.8, 4) is 0 Å². The highest BCUT2D eigenvalue weighted by Gasteiger charge is 2.14. The van der Waals surface area contributed by atoms with Gasteiger partial charge >= 0.3 is 11.9 Å². The van der Waals surface area contributed by atoms with Crippen LogP contribution in [-0.2, 0) is 21.9 Å². The van der Waals surface area contributed by atoms with Crippen LogP contribution < -0.4 is 0 Å². The van der Waals surface area contributed by atoms with E-state index in [0.29, 0.717) is 42.5 Å². The summed E-state index contributed by atoms with van der Waals surface area (Å²) in [6.45, 7) is 8.51. The molecule has 0 saturated carbocycles. The Labute approximate surface area is 186 Å². The van der Waals surface area contributed by atoms with Crippen LogP contribution in [0.3, 0.4) is 0 Å². The summed E-state index contributed by atoms with van der Waals surface area (Å²) in [5, 5.41) is 10.7. The van der Waals surface area contributed by atoms with Crippen molar-refractivity contribution in [3.63, 3.8) is 0 Å². The second-order valence-electron chi connectivity index (χ2n) is 6.63. The van der Waals surface area contributed by atoms with E-state index in [4.69, 9.17) is 21.1 Å². The third-order valence-corrected chi connectivity index (χ3v) is 4.60. The summed E-state index contributed by atoms with van der Waals surface area (Å²) in [5.41, 5.74) is 4.64. The molecule has 3 aromatic rings. The molecule has 9 heteroatoms. The molecule has 3 rings (SSSR count). The number of halogens is 1. The fraction of sp³-hybridized carbons (Fsp3) is 0.364. The van der Waals surface area contributed by atoms with Crippen LogP contribution >= 0.6 is 11.6 Å². The number of carbonyl (C=O) groups is 2. The van der Waals surface area contributed by atoms with E-state index in [1.807, 2.05) is 24.3 Å². The van der Waals surface area contributed by atoms with Gasteiger partial charge in [-0.1, -0.05) is 24.3 Å². The summed E-state index contributed by atoms with van der Waals surface area (Å²) < 4.78 is 11.5. The van der Waals surface area contributed by atoms with Gasteiger partial charge in [0, 0.05) is 17.8 Å². The van der Waals surface area contributed by atoms with Crippen LogP contribution in [0.4, 0.5) is 0 Å². The molecule has 0 saturated heterocycles. The van der Waals surface area contributed by atoms with Crippen LogP contribution in [-0.4, -0.2) is 45.1 Å². The van der Waals surface area contributed by atoms with Crippen molar-refractivity contribution in [2.75, 3.05) is 13.2 Å². The molecule has 0 aliphatic carbocycles. The van der Waals surface area contributed by atoms with E-state index in [1.165, 1.54) is 6.20 Å². The van der Waals surface area contributed by atoms with E-state index in [1.54, 1.807) is 38.6 Å². The second-order valence-corrected chi connectivity index (χ2v) is 6.89. The predicted octanol–water partition coefficient (Wildman–Crippen LogP) is 4.05. The fourth-order valence-electron chi connectivity index (χ4n) is 2.69. The van der Waals surface area contributed by atoms with Crippen molar-refractivity contribution < 1.29 is 19.1 Å². The number of aromatic amines is 1. The summed E-state index contributed by atoms with van der Waals surface area (Å²) in [6.07, 6.45) is 3.19. The standard InChI is InChI=1S/C15H17ClN2O2.C7H10N2O2/c1-3-20-15(19)14-10-18(17-11(14)2)9-13-6-4-12(8-16)5-7-13;1-3-11-7(10)6-4-8-9-5(6)2/h4-7,10H,3,8-9H2,1-2H3;4H,3H2,1-2H3,(H,8,9). The number of esters is 2. The van der Waals surface area contributed by atoms with E-state index in [2.05, 4.69) is 15.3 Å². The topological polar surface area (TPSA) is 99.1 Å². The highest BCUT2D eigenvalue weighted by molar-refractivity contribution is 6.17. The Morgan fingerprint density at radius 1 is 1.00 bits per heavy atom. The molecule has 0 amide bonds. The summed E-state index contributed by atoms with van der Waals surface area (Å²) in [4.78, 5) is 22.8. The van der Waals surface area contributed by atoms with Crippen molar-refractivity contribution in [2.45, 2.75) is 40.1 Å². The second kappa shape index (κ2) is 11.9.